The summed E-state index contributed by atoms with van der Waals surface area (Å²) in [5.41, 5.74) is 4.44. The van der Waals surface area contributed by atoms with Gasteiger partial charge in [-0.1, -0.05) is 48.5 Å². The van der Waals surface area contributed by atoms with E-state index in [-0.39, 0.29) is 31.7 Å². The molecule has 1 saturated heterocycles. The minimum absolute atomic E-state index is 0.0307. The summed E-state index contributed by atoms with van der Waals surface area (Å²) < 4.78 is 5.53. The number of nitrogens with zero attached hydrogens (tertiary/aromatic N) is 1. The van der Waals surface area contributed by atoms with Crippen LogP contribution in [0.4, 0.5) is 0 Å². The SMILES string of the molecule is O=C(O)C(CN1CCC[C@H]1CO)C(=O)OCC1c2ccccc2-c2ccccc21. The van der Waals surface area contributed by atoms with E-state index in [9.17, 15) is 19.8 Å². The van der Waals surface area contributed by atoms with Crippen LogP contribution in [-0.4, -0.2) is 59.4 Å². The molecule has 0 amide bonds. The number of hydrogen-bond acceptors (Lipinski definition) is 5. The average molecular weight is 395 g/mol. The van der Waals surface area contributed by atoms with Gasteiger partial charge in [-0.25, -0.2) is 0 Å². The van der Waals surface area contributed by atoms with Crippen molar-refractivity contribution in [3.05, 3.63) is 59.7 Å². The number of carboxylic acids is 1. The minimum Gasteiger partial charge on any atom is -0.481 e. The number of rotatable bonds is 7. The van der Waals surface area contributed by atoms with Gasteiger partial charge >= 0.3 is 11.9 Å². The predicted octanol–water partition coefficient (Wildman–Crippen LogP) is 2.50. The summed E-state index contributed by atoms with van der Waals surface area (Å²) in [6, 6.07) is 16.0. The van der Waals surface area contributed by atoms with Crippen LogP contribution in [0.1, 0.15) is 29.9 Å². The minimum atomic E-state index is -1.26. The lowest BCUT2D eigenvalue weighted by molar-refractivity contribution is -0.160. The Labute approximate surface area is 169 Å². The molecule has 0 aromatic heterocycles. The lowest BCUT2D eigenvalue weighted by Gasteiger charge is -2.25. The van der Waals surface area contributed by atoms with E-state index in [2.05, 4.69) is 12.1 Å². The molecule has 4 rings (SSSR count). The maximum atomic E-state index is 12.7. The lowest BCUT2D eigenvalue weighted by atomic mass is 9.98. The third-order valence-corrected chi connectivity index (χ3v) is 6.06. The number of hydrogen-bond donors (Lipinski definition) is 2. The summed E-state index contributed by atoms with van der Waals surface area (Å²) >= 11 is 0. The van der Waals surface area contributed by atoms with E-state index in [0.29, 0.717) is 6.54 Å². The first-order valence-corrected chi connectivity index (χ1v) is 10.0. The maximum Gasteiger partial charge on any atom is 0.321 e. The highest BCUT2D eigenvalue weighted by Gasteiger charge is 2.36. The molecule has 2 aromatic rings. The Morgan fingerprint density at radius 1 is 1.07 bits per heavy atom. The van der Waals surface area contributed by atoms with Crippen LogP contribution in [0.3, 0.4) is 0 Å². The highest BCUT2D eigenvalue weighted by molar-refractivity contribution is 5.94. The summed E-state index contributed by atoms with van der Waals surface area (Å²) in [6.07, 6.45) is 1.70. The topological polar surface area (TPSA) is 87.1 Å². The van der Waals surface area contributed by atoms with Crippen molar-refractivity contribution in [3.8, 4) is 11.1 Å². The zero-order chi connectivity index (χ0) is 20.4. The van der Waals surface area contributed by atoms with Gasteiger partial charge in [0.05, 0.1) is 6.61 Å². The summed E-state index contributed by atoms with van der Waals surface area (Å²) in [5.74, 6) is -3.26. The largest absolute Gasteiger partial charge is 0.481 e. The average Bonchev–Trinajstić information content (AvgIpc) is 3.32. The zero-order valence-electron chi connectivity index (χ0n) is 16.2. The molecular formula is C23H25NO5. The quantitative estimate of drug-likeness (QED) is 0.553. The van der Waals surface area contributed by atoms with E-state index in [1.54, 1.807) is 0 Å². The van der Waals surface area contributed by atoms with E-state index in [0.717, 1.165) is 35.1 Å². The monoisotopic (exact) mass is 395 g/mol. The van der Waals surface area contributed by atoms with Crippen LogP contribution in [-0.2, 0) is 14.3 Å². The van der Waals surface area contributed by atoms with Crippen molar-refractivity contribution in [2.45, 2.75) is 24.8 Å². The molecule has 1 fully saturated rings. The van der Waals surface area contributed by atoms with Gasteiger partial charge in [0.25, 0.3) is 0 Å². The number of aliphatic hydroxyl groups is 1. The number of aliphatic hydroxyl groups excluding tert-OH is 1. The molecule has 2 aliphatic rings. The Kier molecular flexibility index (Phi) is 5.65. The fraction of sp³-hybridized carbons (Fsp3) is 0.391. The molecule has 2 N–H and O–H groups in total. The van der Waals surface area contributed by atoms with Gasteiger partial charge in [0.15, 0.2) is 5.92 Å². The van der Waals surface area contributed by atoms with Crippen molar-refractivity contribution in [1.82, 2.24) is 4.90 Å². The van der Waals surface area contributed by atoms with E-state index >= 15 is 0 Å². The number of fused-ring (bicyclic) bond motifs is 3. The van der Waals surface area contributed by atoms with Gasteiger partial charge in [-0.2, -0.15) is 0 Å². The molecule has 0 bridgehead atoms. The zero-order valence-corrected chi connectivity index (χ0v) is 16.2. The molecule has 0 saturated carbocycles. The van der Waals surface area contributed by atoms with Crippen molar-refractivity contribution in [3.63, 3.8) is 0 Å². The van der Waals surface area contributed by atoms with Gasteiger partial charge in [0, 0.05) is 18.5 Å². The van der Waals surface area contributed by atoms with E-state index in [4.69, 9.17) is 4.74 Å². The predicted molar refractivity (Wildman–Crippen MR) is 107 cm³/mol. The highest BCUT2D eigenvalue weighted by atomic mass is 16.5. The van der Waals surface area contributed by atoms with Gasteiger partial charge in [-0.3, -0.25) is 14.5 Å². The standard InChI is InChI=1S/C23H25NO5/c25-13-15-6-5-11-24(15)12-20(22(26)27)23(28)29-14-21-18-9-3-1-7-16(18)17-8-2-4-10-19(17)21/h1-4,7-10,15,20-21,25H,5-6,11-14H2,(H,26,27)/t15-,20?/m0/s1. The fourth-order valence-corrected chi connectivity index (χ4v) is 4.54. The van der Waals surface area contributed by atoms with Gasteiger partial charge in [0.2, 0.25) is 0 Å². The third-order valence-electron chi connectivity index (χ3n) is 6.06. The molecule has 1 aliphatic heterocycles. The van der Waals surface area contributed by atoms with Crippen molar-refractivity contribution in [1.29, 1.82) is 0 Å². The second-order valence-corrected chi connectivity index (χ2v) is 7.72. The Balaban J connectivity index is 1.48. The summed E-state index contributed by atoms with van der Waals surface area (Å²) in [7, 11) is 0. The van der Waals surface area contributed by atoms with Crippen LogP contribution in [0, 0.1) is 5.92 Å². The third kappa shape index (κ3) is 3.78. The van der Waals surface area contributed by atoms with E-state index in [1.807, 2.05) is 41.3 Å². The molecule has 2 atom stereocenters. The molecule has 6 nitrogen and oxygen atoms in total. The van der Waals surface area contributed by atoms with Crippen molar-refractivity contribution >= 4 is 11.9 Å². The fourth-order valence-electron chi connectivity index (χ4n) is 4.54. The van der Waals surface area contributed by atoms with Crippen molar-refractivity contribution < 1.29 is 24.5 Å². The van der Waals surface area contributed by atoms with Crippen molar-refractivity contribution in [2.75, 3.05) is 26.3 Å². The molecule has 1 aliphatic carbocycles. The molecule has 29 heavy (non-hydrogen) atoms. The molecule has 2 aromatic carbocycles. The molecule has 0 radical (unpaired) electrons. The first kappa shape index (κ1) is 19.6. The Bertz CT molecular complexity index is 866. The summed E-state index contributed by atoms with van der Waals surface area (Å²) in [6.45, 7) is 0.833. The number of benzene rings is 2. The smallest absolute Gasteiger partial charge is 0.321 e. The molecule has 0 spiro atoms. The van der Waals surface area contributed by atoms with Crippen LogP contribution in [0.5, 0.6) is 0 Å². The maximum absolute atomic E-state index is 12.7. The Morgan fingerprint density at radius 3 is 2.28 bits per heavy atom. The number of carbonyl (C=O) groups is 2. The number of ether oxygens (including phenoxy) is 1. The Morgan fingerprint density at radius 2 is 1.69 bits per heavy atom. The first-order valence-electron chi connectivity index (χ1n) is 10.0. The summed E-state index contributed by atoms with van der Waals surface area (Å²) in [4.78, 5) is 26.3. The normalized spacial score (nSPS) is 19.6. The lowest BCUT2D eigenvalue weighted by Crippen LogP contribution is -2.42. The van der Waals surface area contributed by atoms with Gasteiger partial charge in [0.1, 0.15) is 6.61 Å². The van der Waals surface area contributed by atoms with Crippen LogP contribution < -0.4 is 0 Å². The van der Waals surface area contributed by atoms with Crippen molar-refractivity contribution in [2.24, 2.45) is 5.92 Å². The molecule has 1 unspecified atom stereocenters. The molecule has 6 heteroatoms. The first-order chi connectivity index (χ1) is 14.1. The number of likely N-dealkylation sites (tertiary alicyclic amines) is 1. The van der Waals surface area contributed by atoms with Crippen LogP contribution in [0.25, 0.3) is 11.1 Å². The second-order valence-electron chi connectivity index (χ2n) is 7.72. The van der Waals surface area contributed by atoms with Crippen LogP contribution in [0.2, 0.25) is 0 Å². The number of carbonyl (C=O) groups excluding carboxylic acids is 1. The molecular weight excluding hydrogens is 370 g/mol. The van der Waals surface area contributed by atoms with Crippen LogP contribution >= 0.6 is 0 Å². The number of carboxylic acid groups (broad SMARTS) is 1. The van der Waals surface area contributed by atoms with Gasteiger partial charge in [-0.15, -0.1) is 0 Å². The second kappa shape index (κ2) is 8.35. The van der Waals surface area contributed by atoms with E-state index < -0.39 is 17.9 Å². The molecule has 1 heterocycles. The highest BCUT2D eigenvalue weighted by Crippen LogP contribution is 2.44. The van der Waals surface area contributed by atoms with Gasteiger partial charge in [-0.05, 0) is 41.6 Å². The van der Waals surface area contributed by atoms with Crippen LogP contribution in [0.15, 0.2) is 48.5 Å². The number of aliphatic carboxylic acids is 1. The molecule has 152 valence electrons. The Hall–Kier alpha value is -2.70. The summed E-state index contributed by atoms with van der Waals surface area (Å²) in [5, 5.41) is 19.0. The van der Waals surface area contributed by atoms with Gasteiger partial charge < -0.3 is 14.9 Å². The number of esters is 1. The van der Waals surface area contributed by atoms with E-state index in [1.165, 1.54) is 0 Å².